The summed E-state index contributed by atoms with van der Waals surface area (Å²) in [5.74, 6) is 1.26. The van der Waals surface area contributed by atoms with Gasteiger partial charge in [0.05, 0.1) is 12.3 Å². The van der Waals surface area contributed by atoms with Crippen molar-refractivity contribution in [2.45, 2.75) is 26.7 Å². The Kier molecular flexibility index (Phi) is 5.75. The highest BCUT2D eigenvalue weighted by Crippen LogP contribution is 2.26. The maximum Gasteiger partial charge on any atom is 0.255 e. The zero-order valence-corrected chi connectivity index (χ0v) is 17.1. The zero-order chi connectivity index (χ0) is 20.9. The Balaban J connectivity index is 1.50. The van der Waals surface area contributed by atoms with Crippen LogP contribution in [-0.2, 0) is 0 Å². The van der Waals surface area contributed by atoms with Crippen molar-refractivity contribution in [3.05, 3.63) is 78.2 Å². The molecule has 152 valence electrons. The van der Waals surface area contributed by atoms with E-state index >= 15 is 0 Å². The third kappa shape index (κ3) is 4.17. The number of fused-ring (bicyclic) bond motifs is 1. The topological polar surface area (TPSA) is 68.5 Å². The van der Waals surface area contributed by atoms with Gasteiger partial charge in [-0.1, -0.05) is 25.5 Å². The van der Waals surface area contributed by atoms with Gasteiger partial charge in [0.25, 0.3) is 5.91 Å². The van der Waals surface area contributed by atoms with E-state index in [0.29, 0.717) is 23.6 Å². The summed E-state index contributed by atoms with van der Waals surface area (Å²) >= 11 is 0. The standard InChI is InChI=1S/C24H24N4O2/c1-3-4-15-30-21-11-9-18(10-12-21)23(29)26-20-8-5-7-19(16-20)22-17(2)28-14-6-13-25-24(28)27-22/h5-14,16H,3-4,15H2,1-2H3,(H,26,29). The number of unbranched alkanes of at least 4 members (excludes halogenated alkanes) is 1. The molecule has 0 aliphatic heterocycles. The quantitative estimate of drug-likeness (QED) is 0.436. The molecule has 2 aromatic heterocycles. The smallest absolute Gasteiger partial charge is 0.255 e. The highest BCUT2D eigenvalue weighted by atomic mass is 16.5. The molecule has 1 amide bonds. The molecule has 0 saturated carbocycles. The van der Waals surface area contributed by atoms with Gasteiger partial charge in [-0.05, 0) is 55.8 Å². The van der Waals surface area contributed by atoms with Gasteiger partial charge in [0.2, 0.25) is 5.78 Å². The molecule has 0 bridgehead atoms. The summed E-state index contributed by atoms with van der Waals surface area (Å²) in [7, 11) is 0. The number of rotatable bonds is 7. The van der Waals surface area contributed by atoms with Crippen molar-refractivity contribution in [2.75, 3.05) is 11.9 Å². The second-order valence-corrected chi connectivity index (χ2v) is 7.10. The van der Waals surface area contributed by atoms with Crippen molar-refractivity contribution in [3.63, 3.8) is 0 Å². The van der Waals surface area contributed by atoms with E-state index in [4.69, 9.17) is 4.74 Å². The normalized spacial score (nSPS) is 10.9. The maximum absolute atomic E-state index is 12.7. The van der Waals surface area contributed by atoms with Gasteiger partial charge in [-0.3, -0.25) is 9.20 Å². The fourth-order valence-electron chi connectivity index (χ4n) is 3.26. The van der Waals surface area contributed by atoms with Gasteiger partial charge in [0.15, 0.2) is 0 Å². The third-order valence-electron chi connectivity index (χ3n) is 4.92. The summed E-state index contributed by atoms with van der Waals surface area (Å²) in [5, 5.41) is 2.96. The second kappa shape index (κ2) is 8.78. The van der Waals surface area contributed by atoms with Gasteiger partial charge in [0, 0.05) is 34.9 Å². The van der Waals surface area contributed by atoms with Crippen LogP contribution < -0.4 is 10.1 Å². The summed E-state index contributed by atoms with van der Waals surface area (Å²) in [5.41, 5.74) is 4.07. The Morgan fingerprint density at radius 3 is 2.73 bits per heavy atom. The minimum atomic E-state index is -0.166. The lowest BCUT2D eigenvalue weighted by Gasteiger charge is -2.09. The van der Waals surface area contributed by atoms with Crippen molar-refractivity contribution in [2.24, 2.45) is 0 Å². The first-order chi connectivity index (χ1) is 14.7. The maximum atomic E-state index is 12.7. The lowest BCUT2D eigenvalue weighted by Crippen LogP contribution is -2.11. The van der Waals surface area contributed by atoms with Gasteiger partial charge < -0.3 is 10.1 Å². The summed E-state index contributed by atoms with van der Waals surface area (Å²) in [4.78, 5) is 21.6. The first-order valence-electron chi connectivity index (χ1n) is 10.1. The highest BCUT2D eigenvalue weighted by Gasteiger charge is 2.12. The minimum absolute atomic E-state index is 0.166. The van der Waals surface area contributed by atoms with Crippen LogP contribution in [0, 0.1) is 6.92 Å². The van der Waals surface area contributed by atoms with Crippen molar-refractivity contribution < 1.29 is 9.53 Å². The number of anilines is 1. The number of ether oxygens (including phenoxy) is 1. The van der Waals surface area contributed by atoms with Crippen LogP contribution >= 0.6 is 0 Å². The minimum Gasteiger partial charge on any atom is -0.494 e. The molecular weight excluding hydrogens is 376 g/mol. The molecule has 6 nitrogen and oxygen atoms in total. The van der Waals surface area contributed by atoms with Crippen LogP contribution in [0.25, 0.3) is 17.0 Å². The van der Waals surface area contributed by atoms with E-state index in [1.54, 1.807) is 18.3 Å². The highest BCUT2D eigenvalue weighted by molar-refractivity contribution is 6.04. The average Bonchev–Trinajstić information content (AvgIpc) is 3.11. The fourth-order valence-corrected chi connectivity index (χ4v) is 3.26. The monoisotopic (exact) mass is 400 g/mol. The van der Waals surface area contributed by atoms with Crippen LogP contribution in [0.15, 0.2) is 67.0 Å². The number of imidazole rings is 1. The number of nitrogens with one attached hydrogen (secondary N) is 1. The van der Waals surface area contributed by atoms with Gasteiger partial charge in [0.1, 0.15) is 5.75 Å². The molecule has 0 unspecified atom stereocenters. The third-order valence-corrected chi connectivity index (χ3v) is 4.92. The molecule has 0 spiro atoms. The van der Waals surface area contributed by atoms with Crippen molar-refractivity contribution in [1.82, 2.24) is 14.4 Å². The largest absolute Gasteiger partial charge is 0.494 e. The molecule has 0 saturated heterocycles. The first-order valence-corrected chi connectivity index (χ1v) is 10.1. The molecule has 2 heterocycles. The first kappa shape index (κ1) is 19.6. The predicted octanol–water partition coefficient (Wildman–Crippen LogP) is 5.14. The van der Waals surface area contributed by atoms with Crippen LogP contribution in [0.4, 0.5) is 5.69 Å². The van der Waals surface area contributed by atoms with E-state index in [9.17, 15) is 4.79 Å². The van der Waals surface area contributed by atoms with E-state index in [0.717, 1.165) is 35.5 Å². The Labute approximate surface area is 175 Å². The SMILES string of the molecule is CCCCOc1ccc(C(=O)Nc2cccc(-c3nc4ncccn4c3C)c2)cc1. The molecule has 2 aromatic carbocycles. The predicted molar refractivity (Wildman–Crippen MR) is 118 cm³/mol. The Bertz CT molecular complexity index is 1170. The number of hydrogen-bond acceptors (Lipinski definition) is 4. The van der Waals surface area contributed by atoms with Crippen molar-refractivity contribution in [1.29, 1.82) is 0 Å². The zero-order valence-electron chi connectivity index (χ0n) is 17.1. The molecule has 0 aliphatic rings. The number of amides is 1. The van der Waals surface area contributed by atoms with Crippen LogP contribution in [0.5, 0.6) is 5.75 Å². The van der Waals surface area contributed by atoms with Crippen LogP contribution in [0.3, 0.4) is 0 Å². The van der Waals surface area contributed by atoms with Gasteiger partial charge in [-0.25, -0.2) is 9.97 Å². The van der Waals surface area contributed by atoms with E-state index in [2.05, 4.69) is 22.2 Å². The van der Waals surface area contributed by atoms with Gasteiger partial charge >= 0.3 is 0 Å². The average molecular weight is 400 g/mol. The van der Waals surface area contributed by atoms with Crippen molar-refractivity contribution >= 4 is 17.4 Å². The molecule has 0 aliphatic carbocycles. The summed E-state index contributed by atoms with van der Waals surface area (Å²) in [6.07, 6.45) is 5.77. The van der Waals surface area contributed by atoms with Crippen molar-refractivity contribution in [3.8, 4) is 17.0 Å². The number of nitrogens with zero attached hydrogens (tertiary/aromatic N) is 3. The fraction of sp³-hybridized carbons (Fsp3) is 0.208. The number of aromatic nitrogens is 3. The summed E-state index contributed by atoms with van der Waals surface area (Å²) in [6.45, 7) is 4.82. The van der Waals surface area contributed by atoms with Crippen LogP contribution in [0.1, 0.15) is 35.8 Å². The van der Waals surface area contributed by atoms with Crippen LogP contribution in [-0.4, -0.2) is 26.9 Å². The van der Waals surface area contributed by atoms with Gasteiger partial charge in [-0.2, -0.15) is 0 Å². The Morgan fingerprint density at radius 2 is 1.97 bits per heavy atom. The number of aryl methyl sites for hydroxylation is 1. The number of carbonyl (C=O) groups is 1. The Morgan fingerprint density at radius 1 is 1.13 bits per heavy atom. The lowest BCUT2D eigenvalue weighted by molar-refractivity contribution is 0.102. The van der Waals surface area contributed by atoms with Gasteiger partial charge in [-0.15, -0.1) is 0 Å². The lowest BCUT2D eigenvalue weighted by atomic mass is 10.1. The summed E-state index contributed by atoms with van der Waals surface area (Å²) in [6, 6.07) is 16.8. The van der Waals surface area contributed by atoms with E-state index < -0.39 is 0 Å². The molecular formula is C24H24N4O2. The van der Waals surface area contributed by atoms with E-state index in [-0.39, 0.29) is 5.91 Å². The molecule has 4 rings (SSSR count). The molecule has 0 fully saturated rings. The molecule has 6 heteroatoms. The molecule has 30 heavy (non-hydrogen) atoms. The molecule has 0 atom stereocenters. The van der Waals surface area contributed by atoms with E-state index in [1.807, 2.05) is 60.0 Å². The molecule has 0 radical (unpaired) electrons. The van der Waals surface area contributed by atoms with E-state index in [1.165, 1.54) is 0 Å². The van der Waals surface area contributed by atoms with Crippen LogP contribution in [0.2, 0.25) is 0 Å². The second-order valence-electron chi connectivity index (χ2n) is 7.10. The Hall–Kier alpha value is -3.67. The number of carbonyl (C=O) groups excluding carboxylic acids is 1. The summed E-state index contributed by atoms with van der Waals surface area (Å²) < 4.78 is 7.60. The number of hydrogen-bond donors (Lipinski definition) is 1. The molecule has 1 N–H and O–H groups in total. The number of benzene rings is 2. The molecule has 4 aromatic rings.